The maximum atomic E-state index is 11.4. The van der Waals surface area contributed by atoms with Crippen molar-refractivity contribution in [1.82, 2.24) is 0 Å². The van der Waals surface area contributed by atoms with E-state index < -0.39 is 6.10 Å². The monoisotopic (exact) mass is 186 g/mol. The van der Waals surface area contributed by atoms with E-state index in [1.165, 1.54) is 0 Å². The molecule has 0 saturated heterocycles. The number of aliphatic hydroxyl groups excluding tert-OH is 1. The molecular weight excluding hydrogens is 164 g/mol. The molecule has 0 rings (SSSR count). The SMILES string of the molecule is CCCC(C)CC(=O)C(O)C(C)C. The Labute approximate surface area is 81.3 Å². The highest BCUT2D eigenvalue weighted by Gasteiger charge is 2.20. The summed E-state index contributed by atoms with van der Waals surface area (Å²) in [6, 6.07) is 0. The number of carbonyl (C=O) groups excluding carboxylic acids is 1. The Hall–Kier alpha value is -0.370. The number of rotatable bonds is 6. The molecule has 2 atom stereocenters. The molecule has 0 spiro atoms. The standard InChI is InChI=1S/C11H22O2/c1-5-6-9(4)7-10(12)11(13)8(2)3/h8-9,11,13H,5-7H2,1-4H3. The summed E-state index contributed by atoms with van der Waals surface area (Å²) in [4.78, 5) is 11.4. The fourth-order valence-corrected chi connectivity index (χ4v) is 1.43. The molecule has 0 aliphatic carbocycles. The van der Waals surface area contributed by atoms with Crippen LogP contribution in [0.3, 0.4) is 0 Å². The number of ketones is 1. The molecule has 1 N–H and O–H groups in total. The third-order valence-corrected chi connectivity index (χ3v) is 2.29. The van der Waals surface area contributed by atoms with Crippen molar-refractivity contribution in [2.75, 3.05) is 0 Å². The molecule has 0 aromatic heterocycles. The van der Waals surface area contributed by atoms with E-state index in [9.17, 15) is 9.90 Å². The number of hydrogen-bond donors (Lipinski definition) is 1. The number of Topliss-reactive ketones (excluding diaryl/α,β-unsaturated/α-hetero) is 1. The van der Waals surface area contributed by atoms with Gasteiger partial charge < -0.3 is 5.11 Å². The van der Waals surface area contributed by atoms with E-state index in [1.54, 1.807) is 0 Å². The van der Waals surface area contributed by atoms with E-state index in [-0.39, 0.29) is 11.7 Å². The van der Waals surface area contributed by atoms with E-state index >= 15 is 0 Å². The summed E-state index contributed by atoms with van der Waals surface area (Å²) in [5.41, 5.74) is 0. The van der Waals surface area contributed by atoms with E-state index in [0.717, 1.165) is 12.8 Å². The summed E-state index contributed by atoms with van der Waals surface area (Å²) in [7, 11) is 0. The quantitative estimate of drug-likeness (QED) is 0.691. The van der Waals surface area contributed by atoms with Gasteiger partial charge in [0.25, 0.3) is 0 Å². The Kier molecular flexibility index (Phi) is 5.97. The molecule has 0 aromatic rings. The zero-order valence-corrected chi connectivity index (χ0v) is 9.21. The summed E-state index contributed by atoms with van der Waals surface area (Å²) >= 11 is 0. The number of carbonyl (C=O) groups is 1. The molecule has 2 heteroatoms. The van der Waals surface area contributed by atoms with E-state index in [2.05, 4.69) is 13.8 Å². The molecule has 0 heterocycles. The minimum absolute atomic E-state index is 0.00375. The molecule has 13 heavy (non-hydrogen) atoms. The Bertz CT molecular complexity index is 152. The van der Waals surface area contributed by atoms with Crippen molar-refractivity contribution in [2.24, 2.45) is 11.8 Å². The van der Waals surface area contributed by atoms with Crippen molar-refractivity contribution in [3.05, 3.63) is 0 Å². The topological polar surface area (TPSA) is 37.3 Å². The van der Waals surface area contributed by atoms with Crippen LogP contribution in [0.15, 0.2) is 0 Å². The molecule has 0 aliphatic heterocycles. The third kappa shape index (κ3) is 5.04. The lowest BCUT2D eigenvalue weighted by Gasteiger charge is -2.15. The molecule has 0 radical (unpaired) electrons. The second-order valence-corrected chi connectivity index (χ2v) is 4.25. The zero-order valence-electron chi connectivity index (χ0n) is 9.21. The molecule has 0 aromatic carbocycles. The van der Waals surface area contributed by atoms with Crippen LogP contribution in [0.5, 0.6) is 0 Å². The lowest BCUT2D eigenvalue weighted by Crippen LogP contribution is -2.27. The molecule has 0 saturated carbocycles. The fourth-order valence-electron chi connectivity index (χ4n) is 1.43. The first-order chi connectivity index (χ1) is 5.99. The lowest BCUT2D eigenvalue weighted by atomic mass is 9.93. The van der Waals surface area contributed by atoms with Crippen LogP contribution in [0.2, 0.25) is 0 Å². The summed E-state index contributed by atoms with van der Waals surface area (Å²) in [6.45, 7) is 7.91. The summed E-state index contributed by atoms with van der Waals surface area (Å²) in [6.07, 6.45) is 1.93. The van der Waals surface area contributed by atoms with Gasteiger partial charge in [0.15, 0.2) is 5.78 Å². The van der Waals surface area contributed by atoms with Gasteiger partial charge in [-0.15, -0.1) is 0 Å². The zero-order chi connectivity index (χ0) is 10.4. The minimum atomic E-state index is -0.765. The molecule has 2 nitrogen and oxygen atoms in total. The lowest BCUT2D eigenvalue weighted by molar-refractivity contribution is -0.130. The van der Waals surface area contributed by atoms with Gasteiger partial charge in [-0.25, -0.2) is 0 Å². The molecule has 0 amide bonds. The highest BCUT2D eigenvalue weighted by Crippen LogP contribution is 2.14. The Balaban J connectivity index is 3.85. The van der Waals surface area contributed by atoms with Crippen molar-refractivity contribution in [3.63, 3.8) is 0 Å². The average molecular weight is 186 g/mol. The van der Waals surface area contributed by atoms with Gasteiger partial charge in [0.1, 0.15) is 6.10 Å². The second-order valence-electron chi connectivity index (χ2n) is 4.25. The predicted molar refractivity (Wildman–Crippen MR) is 54.5 cm³/mol. The van der Waals surface area contributed by atoms with Crippen molar-refractivity contribution in [1.29, 1.82) is 0 Å². The highest BCUT2D eigenvalue weighted by atomic mass is 16.3. The van der Waals surface area contributed by atoms with E-state index in [0.29, 0.717) is 12.3 Å². The first-order valence-corrected chi connectivity index (χ1v) is 5.19. The van der Waals surface area contributed by atoms with E-state index in [4.69, 9.17) is 0 Å². The van der Waals surface area contributed by atoms with Crippen LogP contribution in [-0.4, -0.2) is 17.0 Å². The largest absolute Gasteiger partial charge is 0.385 e. The van der Waals surface area contributed by atoms with Crippen LogP contribution in [0.25, 0.3) is 0 Å². The Morgan fingerprint density at radius 3 is 2.23 bits per heavy atom. The molecule has 0 aliphatic rings. The summed E-state index contributed by atoms with van der Waals surface area (Å²) in [5.74, 6) is 0.447. The molecule has 0 fully saturated rings. The molecular formula is C11H22O2. The van der Waals surface area contributed by atoms with Crippen LogP contribution in [0.1, 0.15) is 47.0 Å². The van der Waals surface area contributed by atoms with Crippen molar-refractivity contribution in [2.45, 2.75) is 53.1 Å². The van der Waals surface area contributed by atoms with Crippen molar-refractivity contribution >= 4 is 5.78 Å². The summed E-state index contributed by atoms with van der Waals surface area (Å²) < 4.78 is 0. The van der Waals surface area contributed by atoms with Gasteiger partial charge in [-0.1, -0.05) is 40.5 Å². The first kappa shape index (κ1) is 12.6. The smallest absolute Gasteiger partial charge is 0.161 e. The minimum Gasteiger partial charge on any atom is -0.385 e. The van der Waals surface area contributed by atoms with Gasteiger partial charge in [0.2, 0.25) is 0 Å². The predicted octanol–water partition coefficient (Wildman–Crippen LogP) is 2.40. The molecule has 0 bridgehead atoms. The van der Waals surface area contributed by atoms with Crippen LogP contribution in [0, 0.1) is 11.8 Å². The first-order valence-electron chi connectivity index (χ1n) is 5.19. The fraction of sp³-hybridized carbons (Fsp3) is 0.909. The Morgan fingerprint density at radius 1 is 1.31 bits per heavy atom. The summed E-state index contributed by atoms with van der Waals surface area (Å²) in [5, 5.41) is 9.46. The average Bonchev–Trinajstić information content (AvgIpc) is 2.03. The second kappa shape index (κ2) is 6.14. The highest BCUT2D eigenvalue weighted by molar-refractivity contribution is 5.83. The normalized spacial score (nSPS) is 15.8. The van der Waals surface area contributed by atoms with Gasteiger partial charge in [-0.05, 0) is 11.8 Å². The van der Waals surface area contributed by atoms with Gasteiger partial charge in [-0.3, -0.25) is 4.79 Å². The van der Waals surface area contributed by atoms with Crippen molar-refractivity contribution < 1.29 is 9.90 Å². The maximum Gasteiger partial charge on any atom is 0.161 e. The van der Waals surface area contributed by atoms with Crippen LogP contribution in [-0.2, 0) is 4.79 Å². The van der Waals surface area contributed by atoms with Gasteiger partial charge in [-0.2, -0.15) is 0 Å². The molecule has 2 unspecified atom stereocenters. The Morgan fingerprint density at radius 2 is 1.85 bits per heavy atom. The van der Waals surface area contributed by atoms with Gasteiger partial charge in [0, 0.05) is 6.42 Å². The number of hydrogen-bond acceptors (Lipinski definition) is 2. The van der Waals surface area contributed by atoms with Crippen molar-refractivity contribution in [3.8, 4) is 0 Å². The van der Waals surface area contributed by atoms with Crippen LogP contribution >= 0.6 is 0 Å². The van der Waals surface area contributed by atoms with Gasteiger partial charge in [0.05, 0.1) is 0 Å². The van der Waals surface area contributed by atoms with Crippen LogP contribution < -0.4 is 0 Å². The molecule has 78 valence electrons. The van der Waals surface area contributed by atoms with Gasteiger partial charge >= 0.3 is 0 Å². The van der Waals surface area contributed by atoms with E-state index in [1.807, 2.05) is 13.8 Å². The van der Waals surface area contributed by atoms with Crippen LogP contribution in [0.4, 0.5) is 0 Å². The third-order valence-electron chi connectivity index (χ3n) is 2.29. The number of aliphatic hydroxyl groups is 1. The maximum absolute atomic E-state index is 11.4.